The van der Waals surface area contributed by atoms with Crippen LogP contribution in [0.25, 0.3) is 12.2 Å². The van der Waals surface area contributed by atoms with Gasteiger partial charge in [0.05, 0.1) is 0 Å². The minimum absolute atomic E-state index is 0.117. The van der Waals surface area contributed by atoms with Gasteiger partial charge in [-0.05, 0) is 128 Å². The van der Waals surface area contributed by atoms with Crippen molar-refractivity contribution >= 4 is 70.2 Å². The first-order valence-corrected chi connectivity index (χ1v) is 16.2. The minimum atomic E-state index is -0.542. The number of amides is 1. The van der Waals surface area contributed by atoms with E-state index in [-0.39, 0.29) is 11.7 Å². The third-order valence-electron chi connectivity index (χ3n) is 7.45. The summed E-state index contributed by atoms with van der Waals surface area (Å²) in [5.41, 5.74) is 9.47. The van der Waals surface area contributed by atoms with Crippen molar-refractivity contribution in [3.05, 3.63) is 108 Å². The van der Waals surface area contributed by atoms with E-state index in [1.54, 1.807) is 60.7 Å². The fourth-order valence-corrected chi connectivity index (χ4v) is 6.72. The van der Waals surface area contributed by atoms with Crippen molar-refractivity contribution in [2.24, 2.45) is 5.73 Å². The van der Waals surface area contributed by atoms with Gasteiger partial charge in [-0.2, -0.15) is 0 Å². The molecule has 1 aliphatic carbocycles. The van der Waals surface area contributed by atoms with Crippen molar-refractivity contribution in [2.45, 2.75) is 45.4 Å². The molecule has 232 valence electrons. The Balaban J connectivity index is 1.73. The summed E-state index contributed by atoms with van der Waals surface area (Å²) in [6.07, 6.45) is 6.50. The van der Waals surface area contributed by atoms with Crippen LogP contribution < -0.4 is 10.5 Å². The van der Waals surface area contributed by atoms with Crippen molar-refractivity contribution in [3.63, 3.8) is 0 Å². The zero-order chi connectivity index (χ0) is 31.8. The van der Waals surface area contributed by atoms with Crippen LogP contribution >= 0.6 is 46.4 Å². The molecule has 1 amide bonds. The smallest absolute Gasteiger partial charge is 0.248 e. The number of Topliss-reactive ketones (excluding diaryl/α,β-unsaturated/α-hetero) is 1. The molecule has 1 aliphatic rings. The molecule has 3 aromatic carbocycles. The molecule has 0 saturated heterocycles. The van der Waals surface area contributed by atoms with Crippen molar-refractivity contribution < 1.29 is 14.3 Å². The van der Waals surface area contributed by atoms with Crippen molar-refractivity contribution in [2.75, 3.05) is 26.2 Å². The number of ketones is 1. The average Bonchev–Trinajstić information content (AvgIpc) is 2.94. The van der Waals surface area contributed by atoms with E-state index in [2.05, 4.69) is 18.7 Å². The summed E-state index contributed by atoms with van der Waals surface area (Å²) in [5.74, 6) is -0.250. The number of benzene rings is 3. The van der Waals surface area contributed by atoms with Crippen LogP contribution in [0.5, 0.6) is 5.75 Å². The second kappa shape index (κ2) is 16.0. The predicted octanol–water partition coefficient (Wildman–Crippen LogP) is 9.51. The van der Waals surface area contributed by atoms with Crippen LogP contribution in [0.1, 0.15) is 72.5 Å². The van der Waals surface area contributed by atoms with E-state index < -0.39 is 5.91 Å². The molecule has 1 fully saturated rings. The lowest BCUT2D eigenvalue weighted by molar-refractivity contribution is -0.113. The van der Waals surface area contributed by atoms with Crippen molar-refractivity contribution in [3.8, 4) is 5.75 Å². The lowest BCUT2D eigenvalue weighted by Crippen LogP contribution is -2.30. The van der Waals surface area contributed by atoms with E-state index in [4.69, 9.17) is 56.9 Å². The molecule has 0 aliphatic heterocycles. The molecule has 0 atom stereocenters. The zero-order valence-corrected chi connectivity index (χ0v) is 27.9. The fraction of sp³-hybridized carbons (Fsp3) is 0.314. The lowest BCUT2D eigenvalue weighted by Gasteiger charge is -2.28. The molecule has 3 aromatic rings. The third kappa shape index (κ3) is 9.35. The van der Waals surface area contributed by atoms with Gasteiger partial charge in [-0.25, -0.2) is 0 Å². The number of hydrogen-bond donors (Lipinski definition) is 1. The molecule has 44 heavy (non-hydrogen) atoms. The maximum absolute atomic E-state index is 13.9. The first-order chi connectivity index (χ1) is 21.1. The summed E-state index contributed by atoms with van der Waals surface area (Å²) in [5, 5.41) is 1.85. The third-order valence-corrected chi connectivity index (χ3v) is 8.32. The van der Waals surface area contributed by atoms with Gasteiger partial charge in [-0.15, -0.1) is 0 Å². The Bertz CT molecular complexity index is 1460. The van der Waals surface area contributed by atoms with E-state index in [1.165, 1.54) is 0 Å². The highest BCUT2D eigenvalue weighted by atomic mass is 35.5. The molecule has 2 N–H and O–H groups in total. The lowest BCUT2D eigenvalue weighted by atomic mass is 9.75. The van der Waals surface area contributed by atoms with Gasteiger partial charge >= 0.3 is 0 Å². The molecular formula is C35H36Cl4N2O3. The van der Waals surface area contributed by atoms with E-state index in [0.29, 0.717) is 73.1 Å². The number of ether oxygens (including phenoxy) is 1. The Morgan fingerprint density at radius 3 is 1.77 bits per heavy atom. The van der Waals surface area contributed by atoms with Crippen LogP contribution in [0.2, 0.25) is 20.1 Å². The Labute approximate surface area is 279 Å². The highest BCUT2D eigenvalue weighted by molar-refractivity contribution is 6.35. The van der Waals surface area contributed by atoms with E-state index in [1.807, 2.05) is 6.07 Å². The number of primary amides is 1. The first kappa shape index (κ1) is 34.1. The Morgan fingerprint density at radius 1 is 0.818 bits per heavy atom. The molecule has 0 unspecified atom stereocenters. The number of nitrogens with two attached hydrogens (primary N) is 1. The number of allylic oxidation sites excluding steroid dienone is 2. The van der Waals surface area contributed by atoms with Gasteiger partial charge in [0.25, 0.3) is 0 Å². The largest absolute Gasteiger partial charge is 0.492 e. The molecule has 1 saturated carbocycles. The van der Waals surface area contributed by atoms with Crippen LogP contribution in [0.4, 0.5) is 0 Å². The van der Waals surface area contributed by atoms with Gasteiger partial charge in [0.1, 0.15) is 12.4 Å². The summed E-state index contributed by atoms with van der Waals surface area (Å²) in [6.45, 7) is 7.68. The molecule has 0 radical (unpaired) electrons. The Morgan fingerprint density at radius 2 is 1.32 bits per heavy atom. The van der Waals surface area contributed by atoms with E-state index in [0.717, 1.165) is 38.0 Å². The fourth-order valence-electron chi connectivity index (χ4n) is 5.64. The maximum Gasteiger partial charge on any atom is 0.248 e. The highest BCUT2D eigenvalue weighted by Crippen LogP contribution is 2.41. The maximum atomic E-state index is 13.9. The molecule has 9 heteroatoms. The number of carbonyl (C=O) groups is 2. The van der Waals surface area contributed by atoms with Gasteiger partial charge < -0.3 is 10.5 Å². The molecule has 0 heterocycles. The Kier molecular flexibility index (Phi) is 12.4. The normalized spacial score (nSPS) is 17.1. The number of rotatable bonds is 12. The summed E-state index contributed by atoms with van der Waals surface area (Å²) in [7, 11) is 0. The van der Waals surface area contributed by atoms with Crippen LogP contribution in [-0.4, -0.2) is 42.8 Å². The average molecular weight is 674 g/mol. The van der Waals surface area contributed by atoms with Crippen LogP contribution in [0.3, 0.4) is 0 Å². The second-order valence-electron chi connectivity index (χ2n) is 11.0. The molecule has 0 spiro atoms. The highest BCUT2D eigenvalue weighted by Gasteiger charge is 2.31. The molecule has 4 rings (SSSR count). The van der Waals surface area contributed by atoms with E-state index >= 15 is 0 Å². The Hall–Kier alpha value is -2.80. The minimum Gasteiger partial charge on any atom is -0.492 e. The molecule has 0 aromatic heterocycles. The topological polar surface area (TPSA) is 72.6 Å². The number of nitrogens with zero attached hydrogens (tertiary/aromatic N) is 1. The van der Waals surface area contributed by atoms with Gasteiger partial charge in [0.2, 0.25) is 5.91 Å². The summed E-state index contributed by atoms with van der Waals surface area (Å²) < 4.78 is 6.17. The number of halogens is 4. The van der Waals surface area contributed by atoms with Gasteiger partial charge in [0.15, 0.2) is 5.78 Å². The van der Waals surface area contributed by atoms with E-state index in [9.17, 15) is 9.59 Å². The van der Waals surface area contributed by atoms with Crippen LogP contribution in [0.15, 0.2) is 65.7 Å². The van der Waals surface area contributed by atoms with Crippen molar-refractivity contribution in [1.29, 1.82) is 0 Å². The number of hydrogen-bond acceptors (Lipinski definition) is 4. The standard InChI is InChI=1S/C35H36Cl4N2O3/c1-3-7-41(8-4-2)9-10-44-31-5-6-32(35(40)43)33(21-31)24-17-25(11-22-13-27(36)19-28(37)14-22)34(42)26(18-24)12-23-15-29(38)20-30(39)16-23/h5-6,11-16,19-21,24H,3-4,7-10,17-18H2,1-2H3,(H2,40,43)/b25-11+,26-12+. The zero-order valence-electron chi connectivity index (χ0n) is 24.8. The molecular weight excluding hydrogens is 638 g/mol. The van der Waals surface area contributed by atoms with Crippen molar-refractivity contribution in [1.82, 2.24) is 4.90 Å². The number of carbonyl (C=O) groups excluding carboxylic acids is 2. The van der Waals surface area contributed by atoms with Crippen LogP contribution in [-0.2, 0) is 4.79 Å². The molecule has 0 bridgehead atoms. The molecule has 5 nitrogen and oxygen atoms in total. The van der Waals surface area contributed by atoms with Crippen LogP contribution in [0, 0.1) is 0 Å². The summed E-state index contributed by atoms with van der Waals surface area (Å²) in [4.78, 5) is 28.8. The summed E-state index contributed by atoms with van der Waals surface area (Å²) >= 11 is 25.0. The van der Waals surface area contributed by atoms with Gasteiger partial charge in [-0.1, -0.05) is 60.3 Å². The first-order valence-electron chi connectivity index (χ1n) is 14.7. The SMILES string of the molecule is CCCN(CCC)CCOc1ccc(C(N)=O)c(C2C/C(=C\c3cc(Cl)cc(Cl)c3)C(=O)/C(=C/c3cc(Cl)cc(Cl)c3)C2)c1. The van der Waals surface area contributed by atoms with Gasteiger partial charge in [0, 0.05) is 43.3 Å². The van der Waals surface area contributed by atoms with Gasteiger partial charge in [-0.3, -0.25) is 14.5 Å². The quantitative estimate of drug-likeness (QED) is 0.194. The summed E-state index contributed by atoms with van der Waals surface area (Å²) in [6, 6.07) is 15.6. The second-order valence-corrected chi connectivity index (χ2v) is 12.7. The predicted molar refractivity (Wildman–Crippen MR) is 183 cm³/mol. The monoisotopic (exact) mass is 672 g/mol.